The van der Waals surface area contributed by atoms with E-state index in [2.05, 4.69) is 38.8 Å². The molecular weight excluding hydrogens is 268 g/mol. The Morgan fingerprint density at radius 2 is 1.80 bits per heavy atom. The lowest BCUT2D eigenvalue weighted by Crippen LogP contribution is -2.19. The molecule has 1 aromatic heterocycles. The Morgan fingerprint density at radius 1 is 0.950 bits per heavy atom. The molecule has 0 bridgehead atoms. The van der Waals surface area contributed by atoms with Crippen molar-refractivity contribution in [1.29, 1.82) is 0 Å². The first-order valence-electron chi connectivity index (χ1n) is 6.15. The number of nitrogens with zero attached hydrogens (tertiary/aromatic N) is 2. The molecule has 0 saturated heterocycles. The van der Waals surface area contributed by atoms with E-state index in [0.29, 0.717) is 10.9 Å². The predicted octanol–water partition coefficient (Wildman–Crippen LogP) is 3.44. The minimum absolute atomic E-state index is 0.488. The number of benzene rings is 2. The molecule has 0 aliphatic heterocycles. The molecule has 0 atom stereocenters. The van der Waals surface area contributed by atoms with Gasteiger partial charge in [0.25, 0.3) is 0 Å². The molecule has 1 heterocycles. The molecule has 0 spiro atoms. The summed E-state index contributed by atoms with van der Waals surface area (Å²) in [5, 5.41) is 8.97. The summed E-state index contributed by atoms with van der Waals surface area (Å²) in [4.78, 5) is 8.10. The van der Waals surface area contributed by atoms with Gasteiger partial charge in [0, 0.05) is 23.5 Å². The molecule has 4 nitrogen and oxygen atoms in total. The van der Waals surface area contributed by atoms with E-state index >= 15 is 0 Å². The summed E-state index contributed by atoms with van der Waals surface area (Å²) in [5.74, 6) is 0.616. The molecule has 2 aromatic carbocycles. The third-order valence-corrected chi connectivity index (χ3v) is 3.05. The molecule has 3 rings (SSSR count). The van der Waals surface area contributed by atoms with E-state index in [0.717, 1.165) is 11.1 Å². The third kappa shape index (κ3) is 2.73. The monoisotopic (exact) mass is 280 g/mol. The van der Waals surface area contributed by atoms with Crippen molar-refractivity contribution in [3.05, 3.63) is 61.1 Å². The van der Waals surface area contributed by atoms with Crippen LogP contribution in [0.2, 0.25) is 0 Å². The highest BCUT2D eigenvalue weighted by Crippen LogP contribution is 2.22. The van der Waals surface area contributed by atoms with Crippen molar-refractivity contribution in [1.82, 2.24) is 9.97 Å². The van der Waals surface area contributed by atoms with Gasteiger partial charge in [-0.05, 0) is 23.7 Å². The minimum Gasteiger partial charge on any atom is -0.332 e. The SMILES string of the molecule is S=C(Nc1cnccn1)Nc1cccc2ccccc12. The van der Waals surface area contributed by atoms with Gasteiger partial charge in [-0.15, -0.1) is 0 Å². The molecule has 2 N–H and O–H groups in total. The molecule has 0 unspecified atom stereocenters. The van der Waals surface area contributed by atoms with Gasteiger partial charge in [-0.25, -0.2) is 4.98 Å². The average Bonchev–Trinajstić information content (AvgIpc) is 2.48. The van der Waals surface area contributed by atoms with Crippen molar-refractivity contribution in [2.75, 3.05) is 10.6 Å². The van der Waals surface area contributed by atoms with Gasteiger partial charge in [-0.2, -0.15) is 0 Å². The van der Waals surface area contributed by atoms with Crippen molar-refractivity contribution >= 4 is 39.6 Å². The molecule has 0 saturated carbocycles. The molecule has 0 fully saturated rings. The van der Waals surface area contributed by atoms with Gasteiger partial charge in [0.05, 0.1) is 6.20 Å². The molecule has 0 radical (unpaired) electrons. The highest BCUT2D eigenvalue weighted by molar-refractivity contribution is 7.80. The first-order valence-corrected chi connectivity index (χ1v) is 6.55. The maximum atomic E-state index is 5.29. The summed E-state index contributed by atoms with van der Waals surface area (Å²) in [6.07, 6.45) is 4.85. The quantitative estimate of drug-likeness (QED) is 0.704. The molecule has 98 valence electrons. The standard InChI is InChI=1S/C15H12N4S/c20-15(19-14-10-16-8-9-17-14)18-13-7-3-5-11-4-1-2-6-12(11)13/h1-10H,(H2,17,18,19,20). The maximum absolute atomic E-state index is 5.29. The summed E-state index contributed by atoms with van der Waals surface area (Å²) in [5.41, 5.74) is 0.962. The van der Waals surface area contributed by atoms with Gasteiger partial charge in [-0.3, -0.25) is 4.98 Å². The molecule has 0 amide bonds. The smallest absolute Gasteiger partial charge is 0.176 e. The van der Waals surface area contributed by atoms with Crippen LogP contribution >= 0.6 is 12.2 Å². The van der Waals surface area contributed by atoms with Gasteiger partial charge < -0.3 is 10.6 Å². The Labute approximate surface area is 121 Å². The number of aromatic nitrogens is 2. The lowest BCUT2D eigenvalue weighted by Gasteiger charge is -2.11. The van der Waals surface area contributed by atoms with Crippen LogP contribution in [0.1, 0.15) is 0 Å². The summed E-state index contributed by atoms with van der Waals surface area (Å²) in [6, 6.07) is 14.2. The number of thiocarbonyl (C=S) groups is 1. The van der Waals surface area contributed by atoms with Crippen LogP contribution in [0.4, 0.5) is 11.5 Å². The Kier molecular flexibility index (Phi) is 3.52. The maximum Gasteiger partial charge on any atom is 0.176 e. The van der Waals surface area contributed by atoms with Crippen molar-refractivity contribution in [3.63, 3.8) is 0 Å². The second-order valence-corrected chi connectivity index (χ2v) is 4.60. The van der Waals surface area contributed by atoms with Crippen molar-refractivity contribution < 1.29 is 0 Å². The van der Waals surface area contributed by atoms with Gasteiger partial charge in [-0.1, -0.05) is 36.4 Å². The van der Waals surface area contributed by atoms with Crippen LogP contribution in [0.3, 0.4) is 0 Å². The number of hydrogen-bond acceptors (Lipinski definition) is 3. The van der Waals surface area contributed by atoms with Crippen LogP contribution in [0.25, 0.3) is 10.8 Å². The second kappa shape index (κ2) is 5.63. The molecule has 0 aliphatic carbocycles. The van der Waals surface area contributed by atoms with Gasteiger partial charge >= 0.3 is 0 Å². The van der Waals surface area contributed by atoms with Crippen molar-refractivity contribution in [3.8, 4) is 0 Å². The van der Waals surface area contributed by atoms with E-state index in [1.165, 1.54) is 5.39 Å². The van der Waals surface area contributed by atoms with E-state index in [9.17, 15) is 0 Å². The number of hydrogen-bond donors (Lipinski definition) is 2. The highest BCUT2D eigenvalue weighted by atomic mass is 32.1. The first-order chi connectivity index (χ1) is 9.83. The normalized spacial score (nSPS) is 10.2. The fourth-order valence-corrected chi connectivity index (χ4v) is 2.18. The number of anilines is 2. The fourth-order valence-electron chi connectivity index (χ4n) is 1.97. The Bertz CT molecular complexity index is 738. The zero-order valence-corrected chi connectivity index (χ0v) is 11.4. The molecule has 20 heavy (non-hydrogen) atoms. The van der Waals surface area contributed by atoms with Crippen LogP contribution in [0.15, 0.2) is 61.1 Å². The molecule has 0 aliphatic rings. The fraction of sp³-hybridized carbons (Fsp3) is 0. The van der Waals surface area contributed by atoms with E-state index in [1.807, 2.05) is 24.3 Å². The van der Waals surface area contributed by atoms with Crippen molar-refractivity contribution in [2.24, 2.45) is 0 Å². The van der Waals surface area contributed by atoms with Crippen LogP contribution < -0.4 is 10.6 Å². The summed E-state index contributed by atoms with van der Waals surface area (Å²) in [7, 11) is 0. The van der Waals surface area contributed by atoms with Gasteiger partial charge in [0.1, 0.15) is 0 Å². The van der Waals surface area contributed by atoms with Crippen LogP contribution in [0, 0.1) is 0 Å². The predicted molar refractivity (Wildman–Crippen MR) is 85.8 cm³/mol. The Hall–Kier alpha value is -2.53. The topological polar surface area (TPSA) is 49.8 Å². The largest absolute Gasteiger partial charge is 0.332 e. The number of fused-ring (bicyclic) bond motifs is 1. The Balaban J connectivity index is 1.81. The number of nitrogens with one attached hydrogen (secondary N) is 2. The van der Waals surface area contributed by atoms with Crippen LogP contribution in [-0.2, 0) is 0 Å². The summed E-state index contributed by atoms with van der Waals surface area (Å²) >= 11 is 5.29. The lowest BCUT2D eigenvalue weighted by molar-refractivity contribution is 1.21. The van der Waals surface area contributed by atoms with Gasteiger partial charge in [0.15, 0.2) is 10.9 Å². The summed E-state index contributed by atoms with van der Waals surface area (Å²) in [6.45, 7) is 0. The van der Waals surface area contributed by atoms with E-state index in [-0.39, 0.29) is 0 Å². The third-order valence-electron chi connectivity index (χ3n) is 2.84. The van der Waals surface area contributed by atoms with E-state index < -0.39 is 0 Å². The van der Waals surface area contributed by atoms with E-state index in [1.54, 1.807) is 18.6 Å². The van der Waals surface area contributed by atoms with Crippen LogP contribution in [-0.4, -0.2) is 15.1 Å². The van der Waals surface area contributed by atoms with Gasteiger partial charge in [0.2, 0.25) is 0 Å². The average molecular weight is 280 g/mol. The molecular formula is C15H12N4S. The van der Waals surface area contributed by atoms with E-state index in [4.69, 9.17) is 12.2 Å². The zero-order chi connectivity index (χ0) is 13.8. The second-order valence-electron chi connectivity index (χ2n) is 4.20. The summed E-state index contributed by atoms with van der Waals surface area (Å²) < 4.78 is 0. The molecule has 5 heteroatoms. The van der Waals surface area contributed by atoms with Crippen molar-refractivity contribution in [2.45, 2.75) is 0 Å². The number of rotatable bonds is 2. The highest BCUT2D eigenvalue weighted by Gasteiger charge is 2.03. The zero-order valence-electron chi connectivity index (χ0n) is 10.6. The lowest BCUT2D eigenvalue weighted by atomic mass is 10.1. The first kappa shape index (κ1) is 12.5. The Morgan fingerprint density at radius 3 is 2.65 bits per heavy atom. The minimum atomic E-state index is 0.488. The molecule has 3 aromatic rings. The van der Waals surface area contributed by atoms with Crippen LogP contribution in [0.5, 0.6) is 0 Å².